The van der Waals surface area contributed by atoms with Crippen molar-refractivity contribution < 1.29 is 14.3 Å². The molecule has 7 heteroatoms. The fraction of sp³-hybridized carbons (Fsp3) is 0.421. The molecule has 0 unspecified atom stereocenters. The van der Waals surface area contributed by atoms with Crippen LogP contribution in [0.2, 0.25) is 0 Å². The van der Waals surface area contributed by atoms with Crippen LogP contribution in [0, 0.1) is 0 Å². The van der Waals surface area contributed by atoms with Gasteiger partial charge in [0.05, 0.1) is 17.6 Å². The van der Waals surface area contributed by atoms with Crippen LogP contribution in [0.25, 0.3) is 0 Å². The van der Waals surface area contributed by atoms with Gasteiger partial charge in [-0.05, 0) is 36.4 Å². The maximum atomic E-state index is 13.0. The van der Waals surface area contributed by atoms with Crippen LogP contribution in [0.3, 0.4) is 0 Å². The van der Waals surface area contributed by atoms with Gasteiger partial charge in [-0.15, -0.1) is 11.3 Å². The summed E-state index contributed by atoms with van der Waals surface area (Å²) in [6, 6.07) is 6.86. The van der Waals surface area contributed by atoms with Crippen LogP contribution in [-0.4, -0.2) is 58.4 Å². The molecule has 4 rings (SSSR count). The highest BCUT2D eigenvalue weighted by Gasteiger charge is 2.43. The van der Waals surface area contributed by atoms with Crippen molar-refractivity contribution in [1.29, 1.82) is 0 Å². The fourth-order valence-electron chi connectivity index (χ4n) is 3.64. The molecule has 0 saturated carbocycles. The Morgan fingerprint density at radius 1 is 1.19 bits per heavy atom. The van der Waals surface area contributed by atoms with Gasteiger partial charge < -0.3 is 14.5 Å². The van der Waals surface area contributed by atoms with Crippen molar-refractivity contribution in [2.24, 2.45) is 0 Å². The summed E-state index contributed by atoms with van der Waals surface area (Å²) in [5.74, 6) is 0.620. The van der Waals surface area contributed by atoms with Gasteiger partial charge in [-0.2, -0.15) is 0 Å². The molecule has 2 aromatic heterocycles. The number of ether oxygens (including phenoxy) is 1. The first kappa shape index (κ1) is 17.0. The van der Waals surface area contributed by atoms with Crippen molar-refractivity contribution in [2.75, 3.05) is 19.6 Å². The van der Waals surface area contributed by atoms with Crippen LogP contribution in [0.5, 0.6) is 5.75 Å². The molecule has 2 aliphatic heterocycles. The summed E-state index contributed by atoms with van der Waals surface area (Å²) >= 11 is 1.40. The van der Waals surface area contributed by atoms with Crippen LogP contribution < -0.4 is 4.74 Å². The third-order valence-electron chi connectivity index (χ3n) is 4.90. The van der Waals surface area contributed by atoms with E-state index in [1.165, 1.54) is 11.3 Å². The van der Waals surface area contributed by atoms with E-state index in [9.17, 15) is 9.59 Å². The normalized spacial score (nSPS) is 22.6. The Labute approximate surface area is 156 Å². The average Bonchev–Trinajstić information content (AvgIpc) is 3.42. The summed E-state index contributed by atoms with van der Waals surface area (Å²) in [5.41, 5.74) is 0. The molecule has 2 aliphatic rings. The first-order valence-electron chi connectivity index (χ1n) is 8.92. The van der Waals surface area contributed by atoms with Gasteiger partial charge >= 0.3 is 0 Å². The number of pyridine rings is 1. The van der Waals surface area contributed by atoms with Gasteiger partial charge in [0, 0.05) is 25.7 Å². The van der Waals surface area contributed by atoms with Crippen molar-refractivity contribution in [2.45, 2.75) is 31.4 Å². The van der Waals surface area contributed by atoms with Crippen molar-refractivity contribution >= 4 is 23.2 Å². The molecule has 4 heterocycles. The predicted molar refractivity (Wildman–Crippen MR) is 98.2 cm³/mol. The molecule has 0 aromatic carbocycles. The second kappa shape index (κ2) is 7.45. The minimum atomic E-state index is -0.454. The zero-order chi connectivity index (χ0) is 17.9. The zero-order valence-electron chi connectivity index (χ0n) is 14.4. The van der Waals surface area contributed by atoms with Crippen LogP contribution in [0.1, 0.15) is 28.9 Å². The quantitative estimate of drug-likeness (QED) is 0.828. The molecule has 26 heavy (non-hydrogen) atoms. The van der Waals surface area contributed by atoms with Crippen molar-refractivity contribution in [3.8, 4) is 5.75 Å². The predicted octanol–water partition coefficient (Wildman–Crippen LogP) is 2.43. The summed E-state index contributed by atoms with van der Waals surface area (Å²) in [6.07, 6.45) is 5.72. The standard InChI is InChI=1S/C19H21N3O3S/c23-18(21-8-1-2-9-21)16-11-15(25-14-5-3-7-20-12-14)13-22(16)19(24)17-6-4-10-26-17/h3-7,10,12,15-16H,1-2,8-9,11,13H2/t15-,16-/m0/s1. The third-order valence-corrected chi connectivity index (χ3v) is 5.75. The number of hydrogen-bond donors (Lipinski definition) is 0. The molecule has 2 amide bonds. The third kappa shape index (κ3) is 3.44. The number of rotatable bonds is 4. The molecule has 0 spiro atoms. The Bertz CT molecular complexity index is 760. The number of aromatic nitrogens is 1. The lowest BCUT2D eigenvalue weighted by molar-refractivity contribution is -0.134. The minimum absolute atomic E-state index is 0.0460. The lowest BCUT2D eigenvalue weighted by atomic mass is 10.1. The molecule has 136 valence electrons. The molecule has 2 saturated heterocycles. The van der Waals surface area contributed by atoms with Gasteiger partial charge in [0.1, 0.15) is 17.9 Å². The number of nitrogens with zero attached hydrogens (tertiary/aromatic N) is 3. The highest BCUT2D eigenvalue weighted by atomic mass is 32.1. The molecule has 0 N–H and O–H groups in total. The van der Waals surface area contributed by atoms with Crippen molar-refractivity contribution in [3.63, 3.8) is 0 Å². The molecule has 0 aliphatic carbocycles. The Morgan fingerprint density at radius 2 is 2.04 bits per heavy atom. The van der Waals surface area contributed by atoms with E-state index in [0.29, 0.717) is 23.6 Å². The minimum Gasteiger partial charge on any atom is -0.487 e. The number of thiophene rings is 1. The second-order valence-electron chi connectivity index (χ2n) is 6.65. The van der Waals surface area contributed by atoms with Crippen molar-refractivity contribution in [3.05, 3.63) is 46.9 Å². The molecule has 6 nitrogen and oxygen atoms in total. The molecule has 2 fully saturated rings. The largest absolute Gasteiger partial charge is 0.487 e. The number of amides is 2. The SMILES string of the molecule is O=C([C@@H]1C[C@H](Oc2cccnc2)CN1C(=O)c1cccs1)N1CCCC1. The number of hydrogen-bond acceptors (Lipinski definition) is 5. The van der Waals surface area contributed by atoms with Gasteiger partial charge in [0.15, 0.2) is 0 Å². The molecular formula is C19H21N3O3S. The Hall–Kier alpha value is -2.41. The lowest BCUT2D eigenvalue weighted by Crippen LogP contribution is -2.46. The van der Waals surface area contributed by atoms with Crippen LogP contribution in [-0.2, 0) is 4.79 Å². The van der Waals surface area contributed by atoms with Crippen LogP contribution >= 0.6 is 11.3 Å². The molecule has 0 radical (unpaired) electrons. The van der Waals surface area contributed by atoms with Crippen molar-refractivity contribution in [1.82, 2.24) is 14.8 Å². The van der Waals surface area contributed by atoms with E-state index in [0.717, 1.165) is 25.9 Å². The summed E-state index contributed by atoms with van der Waals surface area (Å²) in [5, 5.41) is 1.88. The Morgan fingerprint density at radius 3 is 2.73 bits per heavy atom. The topological polar surface area (TPSA) is 62.7 Å². The monoisotopic (exact) mass is 371 g/mol. The second-order valence-corrected chi connectivity index (χ2v) is 7.59. The van der Waals surface area contributed by atoms with E-state index >= 15 is 0 Å². The number of carbonyl (C=O) groups excluding carboxylic acids is 2. The summed E-state index contributed by atoms with van der Waals surface area (Å²) < 4.78 is 5.99. The smallest absolute Gasteiger partial charge is 0.264 e. The van der Waals surface area contributed by atoms with Gasteiger partial charge in [-0.1, -0.05) is 6.07 Å². The van der Waals surface area contributed by atoms with Gasteiger partial charge in [0.25, 0.3) is 5.91 Å². The summed E-state index contributed by atoms with van der Waals surface area (Å²) in [7, 11) is 0. The van der Waals surface area contributed by atoms with E-state index < -0.39 is 6.04 Å². The molecule has 0 bridgehead atoms. The van der Waals surface area contributed by atoms with E-state index in [4.69, 9.17) is 4.74 Å². The maximum absolute atomic E-state index is 13.0. The molecule has 2 atom stereocenters. The van der Waals surface area contributed by atoms with Gasteiger partial charge in [0.2, 0.25) is 5.91 Å². The Kier molecular flexibility index (Phi) is 4.88. The number of carbonyl (C=O) groups is 2. The van der Waals surface area contributed by atoms with Crippen LogP contribution in [0.15, 0.2) is 42.0 Å². The first-order valence-corrected chi connectivity index (χ1v) is 9.80. The van der Waals surface area contributed by atoms with E-state index in [-0.39, 0.29) is 17.9 Å². The average molecular weight is 371 g/mol. The highest BCUT2D eigenvalue weighted by Crippen LogP contribution is 2.27. The van der Waals surface area contributed by atoms with E-state index in [2.05, 4.69) is 4.98 Å². The van der Waals surface area contributed by atoms with Crippen LogP contribution in [0.4, 0.5) is 0 Å². The van der Waals surface area contributed by atoms with Gasteiger partial charge in [-0.25, -0.2) is 0 Å². The maximum Gasteiger partial charge on any atom is 0.264 e. The highest BCUT2D eigenvalue weighted by molar-refractivity contribution is 7.12. The molecule has 2 aromatic rings. The summed E-state index contributed by atoms with van der Waals surface area (Å²) in [4.78, 5) is 34.2. The van der Waals surface area contributed by atoms with Gasteiger partial charge in [-0.3, -0.25) is 14.6 Å². The fourth-order valence-corrected chi connectivity index (χ4v) is 4.32. The first-order chi connectivity index (χ1) is 12.7. The Balaban J connectivity index is 1.54. The lowest BCUT2D eigenvalue weighted by Gasteiger charge is -2.27. The summed E-state index contributed by atoms with van der Waals surface area (Å²) in [6.45, 7) is 1.98. The molecular weight excluding hydrogens is 350 g/mol. The van der Waals surface area contributed by atoms with E-state index in [1.807, 2.05) is 28.5 Å². The number of likely N-dealkylation sites (tertiary alicyclic amines) is 2. The van der Waals surface area contributed by atoms with E-state index in [1.54, 1.807) is 23.4 Å². The zero-order valence-corrected chi connectivity index (χ0v) is 15.2.